The summed E-state index contributed by atoms with van der Waals surface area (Å²) in [7, 11) is -5.37. The monoisotopic (exact) mass is 466 g/mol. The van der Waals surface area contributed by atoms with E-state index in [1.807, 2.05) is 4.90 Å². The van der Waals surface area contributed by atoms with Crippen LogP contribution in [0.4, 0.5) is 13.2 Å². The molecule has 0 N–H and O–H groups in total. The van der Waals surface area contributed by atoms with E-state index in [0.29, 0.717) is 16.7 Å². The summed E-state index contributed by atoms with van der Waals surface area (Å²) in [6, 6.07) is 11.7. The first-order valence-corrected chi connectivity index (χ1v) is 12.2. The number of hydrogen-bond donors (Lipinski definition) is 0. The van der Waals surface area contributed by atoms with Gasteiger partial charge in [0.15, 0.2) is 0 Å². The third-order valence-corrected chi connectivity index (χ3v) is 7.74. The van der Waals surface area contributed by atoms with Gasteiger partial charge in [0.1, 0.15) is 0 Å². The maximum absolute atomic E-state index is 13.1. The lowest BCUT2D eigenvalue weighted by Crippen LogP contribution is -2.42. The first-order valence-electron chi connectivity index (χ1n) is 10.7. The van der Waals surface area contributed by atoms with Crippen LogP contribution in [0.2, 0.25) is 0 Å². The van der Waals surface area contributed by atoms with Crippen molar-refractivity contribution in [2.75, 3.05) is 26.2 Å². The molecule has 0 saturated carbocycles. The summed E-state index contributed by atoms with van der Waals surface area (Å²) >= 11 is 0. The largest absolute Gasteiger partial charge is 0.501 e. The van der Waals surface area contributed by atoms with Gasteiger partial charge in [-0.25, -0.2) is 8.42 Å². The number of nitrogens with zero attached hydrogens (tertiary/aromatic N) is 2. The van der Waals surface area contributed by atoms with Gasteiger partial charge < -0.3 is 9.80 Å². The Morgan fingerprint density at radius 2 is 1.44 bits per heavy atom. The standard InChI is InChI=1S/C23H25F3N2O3S/c24-23(25,26)32(30,31)21-11-9-18(10-12-21)17-5-7-19(8-6-17)22(29)28-15-3-4-20(28)16-27-13-1-2-14-27/h5-12,20H,1-4,13-16H2/t20-/m0/s1. The molecule has 2 heterocycles. The fourth-order valence-corrected chi connectivity index (χ4v) is 5.25. The quantitative estimate of drug-likeness (QED) is 0.658. The number of hydrogen-bond acceptors (Lipinski definition) is 4. The molecule has 1 atom stereocenters. The van der Waals surface area contributed by atoms with Crippen LogP contribution < -0.4 is 0 Å². The molecule has 2 aromatic carbocycles. The Balaban J connectivity index is 1.46. The molecular weight excluding hydrogens is 441 g/mol. The van der Waals surface area contributed by atoms with Crippen LogP contribution in [0.15, 0.2) is 53.4 Å². The zero-order chi connectivity index (χ0) is 22.9. The average Bonchev–Trinajstić information content (AvgIpc) is 3.45. The van der Waals surface area contributed by atoms with Gasteiger partial charge in [0.25, 0.3) is 15.7 Å². The lowest BCUT2D eigenvalue weighted by molar-refractivity contribution is -0.0436. The van der Waals surface area contributed by atoms with E-state index in [4.69, 9.17) is 0 Å². The Morgan fingerprint density at radius 1 is 0.875 bits per heavy atom. The van der Waals surface area contributed by atoms with Crippen molar-refractivity contribution in [3.8, 4) is 11.1 Å². The van der Waals surface area contributed by atoms with Crippen LogP contribution in [-0.4, -0.2) is 61.9 Å². The third-order valence-electron chi connectivity index (χ3n) is 6.24. The van der Waals surface area contributed by atoms with E-state index in [9.17, 15) is 26.4 Å². The van der Waals surface area contributed by atoms with Crippen LogP contribution in [-0.2, 0) is 9.84 Å². The second kappa shape index (κ2) is 8.86. The number of carbonyl (C=O) groups excluding carboxylic acids is 1. The van der Waals surface area contributed by atoms with Gasteiger partial charge in [-0.3, -0.25) is 4.79 Å². The fraction of sp³-hybridized carbons (Fsp3) is 0.435. The topological polar surface area (TPSA) is 57.7 Å². The fourth-order valence-electron chi connectivity index (χ4n) is 4.49. The van der Waals surface area contributed by atoms with Crippen LogP contribution in [0.1, 0.15) is 36.0 Å². The number of likely N-dealkylation sites (tertiary alicyclic amines) is 2. The van der Waals surface area contributed by atoms with Crippen molar-refractivity contribution in [3.63, 3.8) is 0 Å². The van der Waals surface area contributed by atoms with Crippen molar-refractivity contribution in [1.29, 1.82) is 0 Å². The van der Waals surface area contributed by atoms with Crippen molar-refractivity contribution in [2.45, 2.75) is 42.1 Å². The molecule has 0 bridgehead atoms. The van der Waals surface area contributed by atoms with Gasteiger partial charge in [-0.2, -0.15) is 13.2 Å². The van der Waals surface area contributed by atoms with Gasteiger partial charge in [-0.15, -0.1) is 0 Å². The molecular formula is C23H25F3N2O3S. The normalized spacial score (nSPS) is 20.1. The highest BCUT2D eigenvalue weighted by Gasteiger charge is 2.46. The first kappa shape index (κ1) is 22.8. The van der Waals surface area contributed by atoms with Crippen molar-refractivity contribution < 1.29 is 26.4 Å². The zero-order valence-corrected chi connectivity index (χ0v) is 18.3. The molecule has 2 fully saturated rings. The maximum atomic E-state index is 13.1. The van der Waals surface area contributed by atoms with E-state index in [-0.39, 0.29) is 11.9 Å². The van der Waals surface area contributed by atoms with Crippen molar-refractivity contribution in [2.24, 2.45) is 0 Å². The minimum Gasteiger partial charge on any atom is -0.334 e. The molecule has 2 aliphatic heterocycles. The molecule has 9 heteroatoms. The number of amides is 1. The Kier molecular flexibility index (Phi) is 6.31. The van der Waals surface area contributed by atoms with Gasteiger partial charge in [-0.05, 0) is 74.2 Å². The molecule has 2 aliphatic rings. The van der Waals surface area contributed by atoms with Gasteiger partial charge in [0.05, 0.1) is 4.90 Å². The summed E-state index contributed by atoms with van der Waals surface area (Å²) in [4.78, 5) is 16.6. The van der Waals surface area contributed by atoms with E-state index in [1.54, 1.807) is 24.3 Å². The summed E-state index contributed by atoms with van der Waals surface area (Å²) in [5.74, 6) is -0.00938. The molecule has 0 radical (unpaired) electrons. The van der Waals surface area contributed by atoms with Crippen LogP contribution in [0.5, 0.6) is 0 Å². The number of alkyl halides is 3. The van der Waals surface area contributed by atoms with Crippen LogP contribution in [0, 0.1) is 0 Å². The zero-order valence-electron chi connectivity index (χ0n) is 17.5. The van der Waals surface area contributed by atoms with Crippen molar-refractivity contribution >= 4 is 15.7 Å². The maximum Gasteiger partial charge on any atom is 0.501 e. The average molecular weight is 467 g/mol. The van der Waals surface area contributed by atoms with Gasteiger partial charge in [-0.1, -0.05) is 24.3 Å². The minimum absolute atomic E-state index is 0.00938. The van der Waals surface area contributed by atoms with Crippen LogP contribution in [0.25, 0.3) is 11.1 Å². The van der Waals surface area contributed by atoms with E-state index in [2.05, 4.69) is 4.90 Å². The van der Waals surface area contributed by atoms with Gasteiger partial charge in [0, 0.05) is 24.7 Å². The molecule has 0 unspecified atom stereocenters. The Bertz CT molecular complexity index is 1060. The summed E-state index contributed by atoms with van der Waals surface area (Å²) < 4.78 is 61.1. The van der Waals surface area contributed by atoms with Crippen molar-refractivity contribution in [1.82, 2.24) is 9.80 Å². The van der Waals surface area contributed by atoms with E-state index in [0.717, 1.165) is 51.2 Å². The van der Waals surface area contributed by atoms with Crippen LogP contribution in [0.3, 0.4) is 0 Å². The highest BCUT2D eigenvalue weighted by atomic mass is 32.2. The molecule has 4 rings (SSSR count). The highest BCUT2D eigenvalue weighted by Crippen LogP contribution is 2.31. The summed E-state index contributed by atoms with van der Waals surface area (Å²) in [5, 5.41) is 0. The first-order chi connectivity index (χ1) is 15.2. The summed E-state index contributed by atoms with van der Waals surface area (Å²) in [6.07, 6.45) is 4.43. The minimum atomic E-state index is -5.37. The van der Waals surface area contributed by atoms with Crippen molar-refractivity contribution in [3.05, 3.63) is 54.1 Å². The number of halogens is 3. The number of benzene rings is 2. The lowest BCUT2D eigenvalue weighted by atomic mass is 10.0. The van der Waals surface area contributed by atoms with E-state index >= 15 is 0 Å². The summed E-state index contributed by atoms with van der Waals surface area (Å²) in [5.41, 5.74) is -3.51. The second-order valence-corrected chi connectivity index (χ2v) is 10.3. The van der Waals surface area contributed by atoms with E-state index < -0.39 is 20.2 Å². The number of carbonyl (C=O) groups is 1. The Morgan fingerprint density at radius 3 is 2.00 bits per heavy atom. The number of rotatable bonds is 5. The van der Waals surface area contributed by atoms with Crippen LogP contribution >= 0.6 is 0 Å². The highest BCUT2D eigenvalue weighted by molar-refractivity contribution is 7.92. The molecule has 5 nitrogen and oxygen atoms in total. The molecule has 172 valence electrons. The van der Waals surface area contributed by atoms with Gasteiger partial charge in [0.2, 0.25) is 0 Å². The Labute approximate surface area is 185 Å². The SMILES string of the molecule is O=C(c1ccc(-c2ccc(S(=O)(=O)C(F)(F)F)cc2)cc1)N1CCC[C@H]1CN1CCCC1. The molecule has 0 spiro atoms. The summed E-state index contributed by atoms with van der Waals surface area (Å²) in [6.45, 7) is 3.85. The Hall–Kier alpha value is -2.39. The van der Waals surface area contributed by atoms with E-state index in [1.165, 1.54) is 25.0 Å². The molecule has 0 aliphatic carbocycles. The molecule has 0 aromatic heterocycles. The molecule has 2 aromatic rings. The van der Waals surface area contributed by atoms with Gasteiger partial charge >= 0.3 is 5.51 Å². The molecule has 2 saturated heterocycles. The molecule has 32 heavy (non-hydrogen) atoms. The molecule has 1 amide bonds. The predicted molar refractivity (Wildman–Crippen MR) is 115 cm³/mol. The predicted octanol–water partition coefficient (Wildman–Crippen LogP) is 4.35. The lowest BCUT2D eigenvalue weighted by Gasteiger charge is -2.28. The second-order valence-electron chi connectivity index (χ2n) is 8.35. The smallest absolute Gasteiger partial charge is 0.334 e. The third kappa shape index (κ3) is 4.54. The number of sulfone groups is 1.